The molecule has 0 aromatic rings. The Bertz CT molecular complexity index is 577. The topological polar surface area (TPSA) is 61.9 Å². The number of carbonyl (C=O) groups excluding carboxylic acids is 1. The smallest absolute Gasteiger partial charge is 0.238 e. The van der Waals surface area contributed by atoms with Gasteiger partial charge in [-0.2, -0.15) is 0 Å². The van der Waals surface area contributed by atoms with Gasteiger partial charge in [0.25, 0.3) is 0 Å². The lowest BCUT2D eigenvalue weighted by molar-refractivity contribution is -0.135. The summed E-state index contributed by atoms with van der Waals surface area (Å²) in [5.74, 6) is 0.554. The summed E-state index contributed by atoms with van der Waals surface area (Å²) in [4.78, 5) is 21.0. The minimum absolute atomic E-state index is 0.0578. The number of likely N-dealkylation sites (N-methyl/N-ethyl adjacent to an activating group) is 1. The molecule has 1 amide bonds. The number of carbonyl (C=O) groups is 1. The maximum Gasteiger partial charge on any atom is 0.238 e. The maximum absolute atomic E-state index is 12.9. The Morgan fingerprint density at radius 3 is 2.57 bits per heavy atom. The molecular formula is C17H25ClN4O. The molecule has 1 saturated carbocycles. The van der Waals surface area contributed by atoms with Crippen molar-refractivity contribution in [3.05, 3.63) is 36.3 Å². The van der Waals surface area contributed by atoms with Gasteiger partial charge in [-0.1, -0.05) is 37.1 Å². The van der Waals surface area contributed by atoms with Crippen LogP contribution in [-0.2, 0) is 4.79 Å². The van der Waals surface area contributed by atoms with Crippen LogP contribution in [0, 0.1) is 5.41 Å². The quantitative estimate of drug-likeness (QED) is 0.636. The van der Waals surface area contributed by atoms with Crippen molar-refractivity contribution in [2.75, 3.05) is 13.6 Å². The number of aliphatic imine (C=N–C) groups is 1. The van der Waals surface area contributed by atoms with Crippen molar-refractivity contribution >= 4 is 23.3 Å². The Hall–Kier alpha value is -1.75. The van der Waals surface area contributed by atoms with Gasteiger partial charge in [-0.25, -0.2) is 4.99 Å². The van der Waals surface area contributed by atoms with Crippen LogP contribution in [-0.4, -0.2) is 41.2 Å². The van der Waals surface area contributed by atoms with E-state index in [1.54, 1.807) is 13.1 Å². The van der Waals surface area contributed by atoms with Gasteiger partial charge in [-0.3, -0.25) is 4.79 Å². The highest BCUT2D eigenvalue weighted by molar-refractivity contribution is 6.30. The molecule has 2 aliphatic rings. The van der Waals surface area contributed by atoms with Crippen molar-refractivity contribution in [2.24, 2.45) is 16.1 Å². The summed E-state index contributed by atoms with van der Waals surface area (Å²) in [5.41, 5.74) is 5.66. The van der Waals surface area contributed by atoms with Crippen LogP contribution in [0.2, 0.25) is 0 Å². The van der Waals surface area contributed by atoms with Crippen LogP contribution in [0.5, 0.6) is 0 Å². The largest absolute Gasteiger partial charge is 0.403 e. The summed E-state index contributed by atoms with van der Waals surface area (Å²) >= 11 is 5.95. The standard InChI is InChI=1S/C17H25ClN4O/c1-5-17(3)11-22(13-8-6-7-9-13)15(20-12(2)18)14(10-19)21(4)16(17)23/h5,10,13H,1-2,6-9,11,19H2,3-4H3/b14-10+,20-15?. The van der Waals surface area contributed by atoms with Gasteiger partial charge in [0.2, 0.25) is 5.91 Å². The molecule has 1 aliphatic heterocycles. The summed E-state index contributed by atoms with van der Waals surface area (Å²) in [7, 11) is 1.70. The lowest BCUT2D eigenvalue weighted by Crippen LogP contribution is -2.45. The zero-order chi connectivity index (χ0) is 17.2. The SMILES string of the molecule is C=CC1(C)CN(C2CCCC2)C(=NC(=C)Cl)/C(=C\N)N(C)C1=O. The van der Waals surface area contributed by atoms with Crippen molar-refractivity contribution in [3.63, 3.8) is 0 Å². The maximum atomic E-state index is 12.9. The second kappa shape index (κ2) is 6.79. The molecule has 1 unspecified atom stereocenters. The van der Waals surface area contributed by atoms with Crippen LogP contribution in [0.3, 0.4) is 0 Å². The third-order valence-electron chi connectivity index (χ3n) is 4.76. The molecule has 1 heterocycles. The van der Waals surface area contributed by atoms with Gasteiger partial charge in [-0.05, 0) is 19.8 Å². The van der Waals surface area contributed by atoms with E-state index in [4.69, 9.17) is 17.3 Å². The first-order valence-corrected chi connectivity index (χ1v) is 8.25. The van der Waals surface area contributed by atoms with E-state index in [0.717, 1.165) is 12.8 Å². The summed E-state index contributed by atoms with van der Waals surface area (Å²) < 4.78 is 0. The molecule has 1 saturated heterocycles. The van der Waals surface area contributed by atoms with Gasteiger partial charge in [0.05, 0.1) is 5.41 Å². The second-order valence-corrected chi connectivity index (χ2v) is 6.85. The number of hydrogen-bond donors (Lipinski definition) is 1. The normalized spacial score (nSPS) is 30.1. The summed E-state index contributed by atoms with van der Waals surface area (Å²) in [6.07, 6.45) is 7.60. The predicted molar refractivity (Wildman–Crippen MR) is 94.7 cm³/mol. The van der Waals surface area contributed by atoms with E-state index in [-0.39, 0.29) is 11.1 Å². The Balaban J connectivity index is 2.60. The molecule has 2 fully saturated rings. The average Bonchev–Trinajstić information content (AvgIpc) is 3.02. The van der Waals surface area contributed by atoms with Crippen LogP contribution < -0.4 is 5.73 Å². The summed E-state index contributed by atoms with van der Waals surface area (Å²) in [6.45, 7) is 9.94. The number of rotatable bonds is 3. The number of amides is 1. The molecular weight excluding hydrogens is 312 g/mol. The highest BCUT2D eigenvalue weighted by Gasteiger charge is 2.43. The molecule has 0 bridgehead atoms. The molecule has 5 nitrogen and oxygen atoms in total. The molecule has 2 N–H and O–H groups in total. The Labute approximate surface area is 143 Å². The number of nitrogens with two attached hydrogens (primary N) is 1. The van der Waals surface area contributed by atoms with E-state index in [2.05, 4.69) is 23.1 Å². The fraction of sp³-hybridized carbons (Fsp3) is 0.529. The molecule has 0 aromatic carbocycles. The van der Waals surface area contributed by atoms with Gasteiger partial charge in [0.1, 0.15) is 10.9 Å². The fourth-order valence-electron chi connectivity index (χ4n) is 3.38. The fourth-order valence-corrected chi connectivity index (χ4v) is 3.46. The Morgan fingerprint density at radius 1 is 1.48 bits per heavy atom. The third-order valence-corrected chi connectivity index (χ3v) is 4.84. The monoisotopic (exact) mass is 336 g/mol. The minimum atomic E-state index is -0.712. The van der Waals surface area contributed by atoms with Gasteiger partial charge in [-0.15, -0.1) is 6.58 Å². The lowest BCUT2D eigenvalue weighted by atomic mass is 9.88. The van der Waals surface area contributed by atoms with Crippen LogP contribution in [0.1, 0.15) is 32.6 Å². The van der Waals surface area contributed by atoms with E-state index in [0.29, 0.717) is 24.1 Å². The van der Waals surface area contributed by atoms with Crippen LogP contribution in [0.25, 0.3) is 0 Å². The van der Waals surface area contributed by atoms with Gasteiger partial charge in [0.15, 0.2) is 5.84 Å². The van der Waals surface area contributed by atoms with E-state index in [9.17, 15) is 4.79 Å². The zero-order valence-corrected chi connectivity index (χ0v) is 14.6. The Morgan fingerprint density at radius 2 is 2.09 bits per heavy atom. The highest BCUT2D eigenvalue weighted by atomic mass is 35.5. The third kappa shape index (κ3) is 3.29. The zero-order valence-electron chi connectivity index (χ0n) is 13.9. The molecule has 1 atom stereocenters. The molecule has 0 radical (unpaired) electrons. The van der Waals surface area contributed by atoms with Crippen molar-refractivity contribution in [1.29, 1.82) is 0 Å². The molecule has 0 spiro atoms. The van der Waals surface area contributed by atoms with E-state index < -0.39 is 5.41 Å². The number of nitrogens with zero attached hydrogens (tertiary/aromatic N) is 3. The van der Waals surface area contributed by atoms with Gasteiger partial charge in [0, 0.05) is 25.8 Å². The van der Waals surface area contributed by atoms with Crippen molar-refractivity contribution < 1.29 is 4.79 Å². The molecule has 23 heavy (non-hydrogen) atoms. The lowest BCUT2D eigenvalue weighted by Gasteiger charge is -2.34. The molecule has 6 heteroatoms. The molecule has 126 valence electrons. The van der Waals surface area contributed by atoms with Crippen molar-refractivity contribution in [2.45, 2.75) is 38.6 Å². The average molecular weight is 337 g/mol. The van der Waals surface area contributed by atoms with Crippen molar-refractivity contribution in [3.8, 4) is 0 Å². The summed E-state index contributed by atoms with van der Waals surface area (Å²) in [5, 5.41) is 0.172. The number of hydrogen-bond acceptors (Lipinski definition) is 3. The highest BCUT2D eigenvalue weighted by Crippen LogP contribution is 2.34. The first-order valence-electron chi connectivity index (χ1n) is 7.88. The van der Waals surface area contributed by atoms with Crippen molar-refractivity contribution in [1.82, 2.24) is 9.80 Å². The molecule has 0 aromatic heterocycles. The minimum Gasteiger partial charge on any atom is -0.403 e. The van der Waals surface area contributed by atoms with E-state index in [1.807, 2.05) is 6.92 Å². The second-order valence-electron chi connectivity index (χ2n) is 6.42. The van der Waals surface area contributed by atoms with Crippen LogP contribution >= 0.6 is 11.6 Å². The predicted octanol–water partition coefficient (Wildman–Crippen LogP) is 2.80. The van der Waals surface area contributed by atoms with Crippen LogP contribution in [0.15, 0.2) is 41.3 Å². The molecule has 1 aliphatic carbocycles. The summed E-state index contributed by atoms with van der Waals surface area (Å²) in [6, 6.07) is 0.318. The van der Waals surface area contributed by atoms with Gasteiger partial charge < -0.3 is 15.5 Å². The Kier molecular flexibility index (Phi) is 5.19. The van der Waals surface area contributed by atoms with Gasteiger partial charge >= 0.3 is 0 Å². The van der Waals surface area contributed by atoms with E-state index in [1.165, 1.54) is 23.9 Å². The van der Waals surface area contributed by atoms with E-state index >= 15 is 0 Å². The first-order chi connectivity index (χ1) is 10.8. The first kappa shape index (κ1) is 17.6. The van der Waals surface area contributed by atoms with Crippen LogP contribution in [0.4, 0.5) is 0 Å². The number of amidine groups is 1. The molecule has 2 rings (SSSR count). The number of halogens is 1.